The Hall–Kier alpha value is -0.570. The summed E-state index contributed by atoms with van der Waals surface area (Å²) in [5.41, 5.74) is 3.11. The number of carboxylic acids is 1. The van der Waals surface area contributed by atoms with E-state index < -0.39 is 11.5 Å². The van der Waals surface area contributed by atoms with Gasteiger partial charge in [0, 0.05) is 12.3 Å². The topological polar surface area (TPSA) is 64.9 Å². The number of carbonyl (C=O) groups is 1. The van der Waals surface area contributed by atoms with Crippen molar-refractivity contribution in [1.82, 2.24) is 0 Å². The molecule has 0 aromatic carbocycles. The van der Waals surface area contributed by atoms with Crippen molar-refractivity contribution in [2.75, 3.05) is 0 Å². The molecule has 1 aliphatic rings. The van der Waals surface area contributed by atoms with Crippen LogP contribution in [0.3, 0.4) is 0 Å². The van der Waals surface area contributed by atoms with Crippen LogP contribution >= 0.6 is 0 Å². The van der Waals surface area contributed by atoms with Gasteiger partial charge in [-0.2, -0.15) is 0 Å². The van der Waals surface area contributed by atoms with Crippen molar-refractivity contribution in [3.8, 4) is 0 Å². The quantitative estimate of drug-likeness (QED) is 0.599. The number of quaternary nitrogens is 1. The number of rotatable bonds is 2. The maximum absolute atomic E-state index is 10.8. The molecule has 1 fully saturated rings. The molecule has 1 saturated carbocycles. The smallest absolute Gasteiger partial charge is 0.365 e. The Bertz CT molecular complexity index is 179. The lowest BCUT2D eigenvalue weighted by Gasteiger charge is -2.41. The molecule has 0 spiro atoms. The minimum atomic E-state index is -0.734. The fraction of sp³-hybridized carbons (Fsp3) is 0.875. The molecule has 0 heterocycles. The van der Waals surface area contributed by atoms with Crippen molar-refractivity contribution < 1.29 is 15.6 Å². The van der Waals surface area contributed by atoms with Crippen LogP contribution in [0.4, 0.5) is 0 Å². The van der Waals surface area contributed by atoms with Crippen LogP contribution in [0.2, 0.25) is 0 Å². The van der Waals surface area contributed by atoms with E-state index in [1.165, 1.54) is 0 Å². The minimum absolute atomic E-state index is 0.278. The number of aliphatic carboxylic acids is 1. The van der Waals surface area contributed by atoms with E-state index in [0.717, 1.165) is 12.8 Å². The lowest BCUT2D eigenvalue weighted by Crippen LogP contribution is -2.84. The maximum atomic E-state index is 10.8. The van der Waals surface area contributed by atoms with Crippen molar-refractivity contribution in [3.05, 3.63) is 0 Å². The number of hydrogen-bond donors (Lipinski definition) is 2. The summed E-state index contributed by atoms with van der Waals surface area (Å²) in [6.07, 6.45) is 1.76. The molecule has 0 aromatic heterocycles. The SMILES string of the molecule is CC(C)[C@@H]1CC[C@@]1([NH3+])C(=O)O. The molecule has 0 unspecified atom stereocenters. The summed E-state index contributed by atoms with van der Waals surface area (Å²) in [6.45, 7) is 4.12. The highest BCUT2D eigenvalue weighted by molar-refractivity contribution is 5.78. The predicted octanol–water partition coefficient (Wildman–Crippen LogP) is 0.118. The lowest BCUT2D eigenvalue weighted by molar-refractivity contribution is -0.501. The predicted molar refractivity (Wildman–Crippen MR) is 40.8 cm³/mol. The minimum Gasteiger partial charge on any atom is -0.477 e. The molecule has 2 atom stereocenters. The molecule has 0 radical (unpaired) electrons. The van der Waals surface area contributed by atoms with Gasteiger partial charge in [-0.25, -0.2) is 4.79 Å². The molecular weight excluding hydrogens is 142 g/mol. The van der Waals surface area contributed by atoms with Crippen LogP contribution in [0.15, 0.2) is 0 Å². The van der Waals surface area contributed by atoms with E-state index in [0.29, 0.717) is 5.92 Å². The number of hydrogen-bond acceptors (Lipinski definition) is 1. The second kappa shape index (κ2) is 2.48. The average Bonchev–Trinajstić information content (AvgIpc) is 1.82. The first kappa shape index (κ1) is 8.53. The van der Waals surface area contributed by atoms with Gasteiger partial charge in [0.05, 0.1) is 0 Å². The molecule has 3 nitrogen and oxygen atoms in total. The van der Waals surface area contributed by atoms with Gasteiger partial charge in [0.1, 0.15) is 0 Å². The maximum Gasteiger partial charge on any atom is 0.365 e. The second-order valence-corrected chi connectivity index (χ2v) is 3.85. The van der Waals surface area contributed by atoms with Crippen LogP contribution in [-0.4, -0.2) is 16.6 Å². The molecule has 0 amide bonds. The van der Waals surface area contributed by atoms with E-state index in [2.05, 4.69) is 19.6 Å². The van der Waals surface area contributed by atoms with Crippen LogP contribution < -0.4 is 5.73 Å². The van der Waals surface area contributed by atoms with Gasteiger partial charge >= 0.3 is 5.97 Å². The fourth-order valence-corrected chi connectivity index (χ4v) is 1.90. The molecule has 0 aromatic rings. The first-order valence-corrected chi connectivity index (χ1v) is 4.07. The van der Waals surface area contributed by atoms with Gasteiger partial charge in [-0.1, -0.05) is 13.8 Å². The summed E-state index contributed by atoms with van der Waals surface area (Å²) in [5.74, 6) is -0.0141. The van der Waals surface area contributed by atoms with E-state index in [1.807, 2.05) is 0 Å². The summed E-state index contributed by atoms with van der Waals surface area (Å²) in [5, 5.41) is 8.85. The van der Waals surface area contributed by atoms with Crippen molar-refractivity contribution in [1.29, 1.82) is 0 Å². The van der Waals surface area contributed by atoms with Crippen molar-refractivity contribution in [2.45, 2.75) is 32.2 Å². The fourth-order valence-electron chi connectivity index (χ4n) is 1.90. The molecule has 0 aliphatic heterocycles. The Kier molecular flexibility index (Phi) is 1.92. The summed E-state index contributed by atoms with van der Waals surface area (Å²) < 4.78 is 0. The normalized spacial score (nSPS) is 36.9. The Labute approximate surface area is 66.6 Å². The lowest BCUT2D eigenvalue weighted by atomic mass is 9.62. The van der Waals surface area contributed by atoms with E-state index in [-0.39, 0.29) is 5.92 Å². The van der Waals surface area contributed by atoms with Gasteiger partial charge in [-0.15, -0.1) is 0 Å². The Balaban J connectivity index is 2.67. The molecule has 4 N–H and O–H groups in total. The van der Waals surface area contributed by atoms with Crippen LogP contribution in [-0.2, 0) is 4.79 Å². The number of carboxylic acid groups (broad SMARTS) is 1. The van der Waals surface area contributed by atoms with Crippen LogP contribution in [0.1, 0.15) is 26.7 Å². The average molecular weight is 158 g/mol. The van der Waals surface area contributed by atoms with Gasteiger partial charge in [-0.3, -0.25) is 0 Å². The summed E-state index contributed by atoms with van der Waals surface area (Å²) in [4.78, 5) is 10.8. The largest absolute Gasteiger partial charge is 0.477 e. The Morgan fingerprint density at radius 1 is 1.73 bits per heavy atom. The van der Waals surface area contributed by atoms with Crippen LogP contribution in [0, 0.1) is 11.8 Å². The van der Waals surface area contributed by atoms with Gasteiger partial charge in [0.25, 0.3) is 0 Å². The summed E-state index contributed by atoms with van der Waals surface area (Å²) >= 11 is 0. The molecular formula is C8H16NO2+. The highest BCUT2D eigenvalue weighted by atomic mass is 16.4. The molecule has 64 valence electrons. The van der Waals surface area contributed by atoms with E-state index >= 15 is 0 Å². The molecule has 0 saturated heterocycles. The highest BCUT2D eigenvalue weighted by Gasteiger charge is 2.54. The molecule has 1 rings (SSSR count). The van der Waals surface area contributed by atoms with Crippen molar-refractivity contribution in [3.63, 3.8) is 0 Å². The van der Waals surface area contributed by atoms with Gasteiger partial charge in [0.15, 0.2) is 5.54 Å². The first-order chi connectivity index (χ1) is 4.98. The highest BCUT2D eigenvalue weighted by Crippen LogP contribution is 2.39. The Morgan fingerprint density at radius 3 is 2.36 bits per heavy atom. The summed E-state index contributed by atoms with van der Waals surface area (Å²) in [7, 11) is 0. The second-order valence-electron chi connectivity index (χ2n) is 3.85. The van der Waals surface area contributed by atoms with Gasteiger partial charge in [0.2, 0.25) is 0 Å². The third kappa shape index (κ3) is 1.13. The third-order valence-corrected chi connectivity index (χ3v) is 2.84. The molecule has 11 heavy (non-hydrogen) atoms. The van der Waals surface area contributed by atoms with Crippen LogP contribution in [0.5, 0.6) is 0 Å². The first-order valence-electron chi connectivity index (χ1n) is 4.07. The zero-order valence-electron chi connectivity index (χ0n) is 7.13. The van der Waals surface area contributed by atoms with Gasteiger partial charge in [-0.05, 0) is 12.3 Å². The third-order valence-electron chi connectivity index (χ3n) is 2.84. The molecule has 3 heteroatoms. The van der Waals surface area contributed by atoms with E-state index in [1.54, 1.807) is 0 Å². The Morgan fingerprint density at radius 2 is 2.27 bits per heavy atom. The standard InChI is InChI=1S/C8H15NO2/c1-5(2)6-3-4-8(6,9)7(10)11/h5-6H,3-4,9H2,1-2H3,(H,10,11)/p+1/t6-,8-/m0/s1. The van der Waals surface area contributed by atoms with Crippen LogP contribution in [0.25, 0.3) is 0 Å². The zero-order valence-corrected chi connectivity index (χ0v) is 7.13. The van der Waals surface area contributed by atoms with Crippen molar-refractivity contribution >= 4 is 5.97 Å². The monoisotopic (exact) mass is 158 g/mol. The zero-order chi connectivity index (χ0) is 8.65. The van der Waals surface area contributed by atoms with E-state index in [9.17, 15) is 4.79 Å². The van der Waals surface area contributed by atoms with Gasteiger partial charge < -0.3 is 10.8 Å². The van der Waals surface area contributed by atoms with Crippen molar-refractivity contribution in [2.24, 2.45) is 11.8 Å². The molecule has 1 aliphatic carbocycles. The van der Waals surface area contributed by atoms with E-state index in [4.69, 9.17) is 5.11 Å². The summed E-state index contributed by atoms with van der Waals surface area (Å²) in [6, 6.07) is 0. The molecule has 0 bridgehead atoms.